The fraction of sp³-hybridized carbons (Fsp3) is 0.316. The molecule has 3 N–H and O–H groups in total. The normalized spacial score (nSPS) is 15.7. The van der Waals surface area contributed by atoms with Crippen LogP contribution in [0.25, 0.3) is 22.3 Å². The molecule has 1 aliphatic heterocycles. The largest absolute Gasteiger partial charge is 0.393 e. The number of anilines is 1. The van der Waals surface area contributed by atoms with E-state index in [1.54, 1.807) is 6.20 Å². The highest BCUT2D eigenvalue weighted by atomic mass is 16.3. The zero-order valence-electron chi connectivity index (χ0n) is 14.0. The van der Waals surface area contributed by atoms with E-state index in [1.165, 1.54) is 0 Å². The van der Waals surface area contributed by atoms with E-state index in [9.17, 15) is 5.11 Å². The lowest BCUT2D eigenvalue weighted by atomic mass is 10.1. The Hall–Kier alpha value is -2.57. The fourth-order valence-electron chi connectivity index (χ4n) is 3.15. The summed E-state index contributed by atoms with van der Waals surface area (Å²) in [5.74, 6) is 0.934. The van der Waals surface area contributed by atoms with Crippen LogP contribution >= 0.6 is 0 Å². The Morgan fingerprint density at radius 1 is 1.08 bits per heavy atom. The van der Waals surface area contributed by atoms with Crippen LogP contribution in [0, 0.1) is 0 Å². The van der Waals surface area contributed by atoms with E-state index in [-0.39, 0.29) is 6.10 Å². The maximum absolute atomic E-state index is 9.68. The lowest BCUT2D eigenvalue weighted by Gasteiger charge is -2.30. The standard InChI is InChI=1S/C19H21N5O/c20-11-14-10-18-13(12-21-14)4-5-17(22-18)16-2-1-3-19(23-16)24-8-6-15(25)7-9-24/h1-5,10,12,15,25H,6-9,11,20H2. The molecule has 0 saturated carbocycles. The highest BCUT2D eigenvalue weighted by Gasteiger charge is 2.18. The molecule has 0 atom stereocenters. The van der Waals surface area contributed by atoms with E-state index in [0.29, 0.717) is 6.54 Å². The Morgan fingerprint density at radius 3 is 2.68 bits per heavy atom. The van der Waals surface area contributed by atoms with Gasteiger partial charge in [0.25, 0.3) is 0 Å². The van der Waals surface area contributed by atoms with Crippen molar-refractivity contribution in [3.05, 3.63) is 48.3 Å². The van der Waals surface area contributed by atoms with Crippen LogP contribution in [0.1, 0.15) is 18.5 Å². The number of nitrogens with zero attached hydrogens (tertiary/aromatic N) is 4. The summed E-state index contributed by atoms with van der Waals surface area (Å²) in [6.45, 7) is 2.05. The SMILES string of the molecule is NCc1cc2nc(-c3cccc(N4CCC(O)CC4)n3)ccc2cn1. The first-order valence-electron chi connectivity index (χ1n) is 8.59. The molecule has 128 valence electrons. The van der Waals surface area contributed by atoms with Gasteiger partial charge in [-0.2, -0.15) is 0 Å². The van der Waals surface area contributed by atoms with E-state index in [1.807, 2.05) is 36.4 Å². The second kappa shape index (κ2) is 6.74. The zero-order valence-corrected chi connectivity index (χ0v) is 14.0. The number of aromatic nitrogens is 3. The number of piperidine rings is 1. The predicted octanol–water partition coefficient (Wildman–Crippen LogP) is 2.11. The molecule has 0 aliphatic carbocycles. The lowest BCUT2D eigenvalue weighted by molar-refractivity contribution is 0.145. The molecule has 0 unspecified atom stereocenters. The van der Waals surface area contributed by atoms with Gasteiger partial charge in [-0.3, -0.25) is 4.98 Å². The summed E-state index contributed by atoms with van der Waals surface area (Å²) in [6.07, 6.45) is 3.19. The number of fused-ring (bicyclic) bond motifs is 1. The molecule has 0 radical (unpaired) electrons. The molecule has 6 nitrogen and oxygen atoms in total. The number of aliphatic hydroxyl groups excluding tert-OH is 1. The van der Waals surface area contributed by atoms with Gasteiger partial charge >= 0.3 is 0 Å². The molecule has 0 spiro atoms. The van der Waals surface area contributed by atoms with E-state index in [0.717, 1.165) is 59.7 Å². The van der Waals surface area contributed by atoms with Crippen molar-refractivity contribution in [3.63, 3.8) is 0 Å². The third-order valence-electron chi connectivity index (χ3n) is 4.62. The summed E-state index contributed by atoms with van der Waals surface area (Å²) in [4.78, 5) is 16.0. The first-order valence-corrected chi connectivity index (χ1v) is 8.59. The summed E-state index contributed by atoms with van der Waals surface area (Å²) in [5, 5.41) is 10.7. The summed E-state index contributed by atoms with van der Waals surface area (Å²) in [6, 6.07) is 11.9. The van der Waals surface area contributed by atoms with Crippen LogP contribution in [0.15, 0.2) is 42.6 Å². The van der Waals surface area contributed by atoms with Crippen molar-refractivity contribution >= 4 is 16.7 Å². The molecule has 1 aliphatic rings. The smallest absolute Gasteiger partial charge is 0.129 e. The van der Waals surface area contributed by atoms with Gasteiger partial charge in [0.05, 0.1) is 28.7 Å². The molecular formula is C19H21N5O. The third kappa shape index (κ3) is 3.31. The van der Waals surface area contributed by atoms with Gasteiger partial charge in [-0.15, -0.1) is 0 Å². The molecule has 0 amide bonds. The molecule has 25 heavy (non-hydrogen) atoms. The maximum Gasteiger partial charge on any atom is 0.129 e. The predicted molar refractivity (Wildman–Crippen MR) is 98.1 cm³/mol. The van der Waals surface area contributed by atoms with Gasteiger partial charge in [0.2, 0.25) is 0 Å². The van der Waals surface area contributed by atoms with Gasteiger partial charge < -0.3 is 15.7 Å². The van der Waals surface area contributed by atoms with Crippen LogP contribution in [0.3, 0.4) is 0 Å². The van der Waals surface area contributed by atoms with Crippen molar-refractivity contribution in [2.24, 2.45) is 5.73 Å². The average Bonchev–Trinajstić information content (AvgIpc) is 2.67. The van der Waals surface area contributed by atoms with E-state index in [2.05, 4.69) is 9.88 Å². The Kier molecular flexibility index (Phi) is 4.29. The number of hydrogen-bond donors (Lipinski definition) is 2. The molecule has 1 fully saturated rings. The molecule has 4 rings (SSSR count). The van der Waals surface area contributed by atoms with Crippen LogP contribution in [-0.2, 0) is 6.54 Å². The van der Waals surface area contributed by atoms with E-state index < -0.39 is 0 Å². The van der Waals surface area contributed by atoms with Gasteiger partial charge in [0.1, 0.15) is 5.82 Å². The number of hydrogen-bond acceptors (Lipinski definition) is 6. The Bertz CT molecular complexity index is 890. The van der Waals surface area contributed by atoms with Gasteiger partial charge in [-0.25, -0.2) is 9.97 Å². The van der Waals surface area contributed by atoms with Gasteiger partial charge in [0, 0.05) is 31.2 Å². The van der Waals surface area contributed by atoms with Crippen LogP contribution in [0.4, 0.5) is 5.82 Å². The van der Waals surface area contributed by atoms with Crippen molar-refractivity contribution in [1.82, 2.24) is 15.0 Å². The Balaban J connectivity index is 1.67. The summed E-state index contributed by atoms with van der Waals surface area (Å²) < 4.78 is 0. The summed E-state index contributed by atoms with van der Waals surface area (Å²) in [5.41, 5.74) is 9.06. The highest BCUT2D eigenvalue weighted by molar-refractivity contribution is 5.80. The topological polar surface area (TPSA) is 88.2 Å². The molecular weight excluding hydrogens is 314 g/mol. The van der Waals surface area contributed by atoms with Gasteiger partial charge in [-0.1, -0.05) is 6.07 Å². The molecule has 4 heterocycles. The van der Waals surface area contributed by atoms with Gasteiger partial charge in [-0.05, 0) is 43.2 Å². The first-order chi connectivity index (χ1) is 12.2. The monoisotopic (exact) mass is 335 g/mol. The van der Waals surface area contributed by atoms with Crippen molar-refractivity contribution in [2.45, 2.75) is 25.5 Å². The van der Waals surface area contributed by atoms with Crippen molar-refractivity contribution in [1.29, 1.82) is 0 Å². The second-order valence-electron chi connectivity index (χ2n) is 6.37. The Labute approximate surface area is 146 Å². The molecule has 0 aromatic carbocycles. The number of pyridine rings is 3. The van der Waals surface area contributed by atoms with Crippen LogP contribution in [0.5, 0.6) is 0 Å². The van der Waals surface area contributed by atoms with E-state index in [4.69, 9.17) is 15.7 Å². The first kappa shape index (κ1) is 15.9. The molecule has 6 heteroatoms. The van der Waals surface area contributed by atoms with Crippen molar-refractivity contribution in [2.75, 3.05) is 18.0 Å². The van der Waals surface area contributed by atoms with Crippen LogP contribution in [0.2, 0.25) is 0 Å². The molecule has 3 aromatic rings. The third-order valence-corrected chi connectivity index (χ3v) is 4.62. The minimum atomic E-state index is -0.188. The fourth-order valence-corrected chi connectivity index (χ4v) is 3.15. The number of rotatable bonds is 3. The lowest BCUT2D eigenvalue weighted by Crippen LogP contribution is -2.36. The summed E-state index contributed by atoms with van der Waals surface area (Å²) in [7, 11) is 0. The van der Waals surface area contributed by atoms with Crippen LogP contribution < -0.4 is 10.6 Å². The molecule has 1 saturated heterocycles. The number of aliphatic hydroxyl groups is 1. The van der Waals surface area contributed by atoms with Gasteiger partial charge in [0.15, 0.2) is 0 Å². The Morgan fingerprint density at radius 2 is 1.88 bits per heavy atom. The van der Waals surface area contributed by atoms with Crippen LogP contribution in [-0.4, -0.2) is 39.3 Å². The quantitative estimate of drug-likeness (QED) is 0.762. The summed E-state index contributed by atoms with van der Waals surface area (Å²) >= 11 is 0. The maximum atomic E-state index is 9.68. The zero-order chi connectivity index (χ0) is 17.2. The minimum absolute atomic E-state index is 0.188. The highest BCUT2D eigenvalue weighted by Crippen LogP contribution is 2.24. The average molecular weight is 335 g/mol. The van der Waals surface area contributed by atoms with Crippen molar-refractivity contribution in [3.8, 4) is 11.4 Å². The number of nitrogens with two attached hydrogens (primary N) is 1. The minimum Gasteiger partial charge on any atom is -0.393 e. The molecule has 0 bridgehead atoms. The second-order valence-corrected chi connectivity index (χ2v) is 6.37. The molecule has 3 aromatic heterocycles. The van der Waals surface area contributed by atoms with E-state index >= 15 is 0 Å². The van der Waals surface area contributed by atoms with Crippen molar-refractivity contribution < 1.29 is 5.11 Å².